The number of likely N-dealkylation sites (tertiary alicyclic amines) is 1. The van der Waals surface area contributed by atoms with Gasteiger partial charge in [-0.1, -0.05) is 12.1 Å². The van der Waals surface area contributed by atoms with Gasteiger partial charge in [0.25, 0.3) is 0 Å². The zero-order valence-corrected chi connectivity index (χ0v) is 12.2. The highest BCUT2D eigenvalue weighted by molar-refractivity contribution is 6.00. The number of nitrogens with zero attached hydrogens (tertiary/aromatic N) is 2. The molecule has 23 heavy (non-hydrogen) atoms. The summed E-state index contributed by atoms with van der Waals surface area (Å²) in [5.41, 5.74) is 0.588. The molecule has 0 aliphatic carbocycles. The average Bonchev–Trinajstić information content (AvgIpc) is 2.85. The number of hydrogen-bond acceptors (Lipinski definition) is 3. The van der Waals surface area contributed by atoms with Gasteiger partial charge in [0.2, 0.25) is 11.8 Å². The van der Waals surface area contributed by atoms with Crippen LogP contribution in [0.25, 0.3) is 0 Å². The molecule has 2 aliphatic heterocycles. The highest BCUT2D eigenvalue weighted by Crippen LogP contribution is 2.33. The molecule has 0 saturated carbocycles. The molecule has 1 aromatic rings. The minimum Gasteiger partial charge on any atom is -0.490 e. The molecule has 0 spiro atoms. The van der Waals surface area contributed by atoms with Crippen LogP contribution in [0.2, 0.25) is 0 Å². The van der Waals surface area contributed by atoms with Gasteiger partial charge in [0.05, 0.1) is 18.2 Å². The molecule has 3 rings (SSSR count). The topological polar surface area (TPSA) is 49.9 Å². The van der Waals surface area contributed by atoms with Gasteiger partial charge in [-0.25, -0.2) is 0 Å². The van der Waals surface area contributed by atoms with Gasteiger partial charge in [0.15, 0.2) is 0 Å². The van der Waals surface area contributed by atoms with Gasteiger partial charge in [-0.3, -0.25) is 9.59 Å². The van der Waals surface area contributed by atoms with Crippen molar-refractivity contribution in [2.24, 2.45) is 5.92 Å². The molecule has 0 bridgehead atoms. The summed E-state index contributed by atoms with van der Waals surface area (Å²) in [6, 6.07) is 6.97. The van der Waals surface area contributed by atoms with Crippen LogP contribution in [0.5, 0.6) is 5.75 Å². The fourth-order valence-electron chi connectivity index (χ4n) is 2.93. The van der Waals surface area contributed by atoms with Crippen molar-refractivity contribution in [3.05, 3.63) is 24.3 Å². The molecule has 0 aromatic heterocycles. The first-order chi connectivity index (χ1) is 10.8. The van der Waals surface area contributed by atoms with E-state index in [4.69, 9.17) is 4.74 Å². The Morgan fingerprint density at radius 2 is 2.04 bits per heavy atom. The first-order valence-electron chi connectivity index (χ1n) is 7.23. The van der Waals surface area contributed by atoms with Crippen molar-refractivity contribution in [3.8, 4) is 5.75 Å². The lowest BCUT2D eigenvalue weighted by atomic mass is 10.1. The van der Waals surface area contributed by atoms with Gasteiger partial charge in [-0.2, -0.15) is 13.2 Å². The highest BCUT2D eigenvalue weighted by atomic mass is 19.4. The summed E-state index contributed by atoms with van der Waals surface area (Å²) in [7, 11) is 0. The summed E-state index contributed by atoms with van der Waals surface area (Å²) in [4.78, 5) is 26.6. The molecule has 2 aliphatic rings. The largest absolute Gasteiger partial charge is 0.490 e. The molecule has 0 radical (unpaired) electrons. The Bertz CT molecular complexity index is 633. The second-order valence-corrected chi connectivity index (χ2v) is 5.60. The molecule has 2 amide bonds. The van der Waals surface area contributed by atoms with Crippen LogP contribution in [0.3, 0.4) is 0 Å². The third kappa shape index (κ3) is 3.25. The lowest BCUT2D eigenvalue weighted by Crippen LogP contribution is -2.42. The maximum absolute atomic E-state index is 12.6. The minimum atomic E-state index is -4.46. The first-order valence-corrected chi connectivity index (χ1v) is 7.23. The number of carbonyl (C=O) groups is 2. The molecule has 0 N–H and O–H groups in total. The van der Waals surface area contributed by atoms with Crippen LogP contribution in [0.15, 0.2) is 24.3 Å². The number of benzene rings is 1. The Balaban J connectivity index is 1.74. The van der Waals surface area contributed by atoms with E-state index in [9.17, 15) is 22.8 Å². The van der Waals surface area contributed by atoms with Crippen LogP contribution in [0.4, 0.5) is 18.9 Å². The summed E-state index contributed by atoms with van der Waals surface area (Å²) in [5.74, 6) is -1.17. The quantitative estimate of drug-likeness (QED) is 0.832. The van der Waals surface area contributed by atoms with Gasteiger partial charge in [0.1, 0.15) is 18.9 Å². The Morgan fingerprint density at radius 1 is 1.30 bits per heavy atom. The molecule has 8 heteroatoms. The average molecular weight is 328 g/mol. The van der Waals surface area contributed by atoms with Crippen molar-refractivity contribution in [3.63, 3.8) is 0 Å². The van der Waals surface area contributed by atoms with Crippen molar-refractivity contribution in [2.75, 3.05) is 31.1 Å². The Labute approximate surface area is 130 Å². The second-order valence-electron chi connectivity index (χ2n) is 5.60. The van der Waals surface area contributed by atoms with E-state index in [0.717, 1.165) is 0 Å². The van der Waals surface area contributed by atoms with Crippen LogP contribution in [0, 0.1) is 5.92 Å². The molecular weight excluding hydrogens is 313 g/mol. The molecular formula is C15H15F3N2O3. The number of amides is 2. The third-order valence-corrected chi connectivity index (χ3v) is 3.93. The van der Waals surface area contributed by atoms with E-state index in [1.54, 1.807) is 24.3 Å². The standard InChI is InChI=1S/C15H15F3N2O3/c16-15(17,18)9-19-8-10(7-13(19)21)14(22)20-5-6-23-12-4-2-1-3-11(12)20/h1-4,10H,5-9H2/t10-/m1/s1. The van der Waals surface area contributed by atoms with Crippen LogP contribution < -0.4 is 9.64 Å². The van der Waals surface area contributed by atoms with Gasteiger partial charge in [-0.05, 0) is 12.1 Å². The predicted octanol–water partition coefficient (Wildman–Crippen LogP) is 1.82. The van der Waals surface area contributed by atoms with Crippen LogP contribution in [0.1, 0.15) is 6.42 Å². The van der Waals surface area contributed by atoms with Crippen molar-refractivity contribution < 1.29 is 27.5 Å². The van der Waals surface area contributed by atoms with E-state index < -0.39 is 24.5 Å². The predicted molar refractivity (Wildman–Crippen MR) is 75.0 cm³/mol. The molecule has 5 nitrogen and oxygen atoms in total. The van der Waals surface area contributed by atoms with Crippen molar-refractivity contribution in [2.45, 2.75) is 12.6 Å². The minimum absolute atomic E-state index is 0.186. The fourth-order valence-corrected chi connectivity index (χ4v) is 2.93. The summed E-state index contributed by atoms with van der Waals surface area (Å²) in [5, 5.41) is 0. The lowest BCUT2D eigenvalue weighted by Gasteiger charge is -2.31. The smallest absolute Gasteiger partial charge is 0.406 e. The van der Waals surface area contributed by atoms with E-state index in [0.29, 0.717) is 29.5 Å². The summed E-state index contributed by atoms with van der Waals surface area (Å²) < 4.78 is 42.8. The number of fused-ring (bicyclic) bond motifs is 1. The number of halogens is 3. The van der Waals surface area contributed by atoms with Gasteiger partial charge in [0, 0.05) is 13.0 Å². The van der Waals surface area contributed by atoms with Crippen LogP contribution in [-0.2, 0) is 9.59 Å². The van der Waals surface area contributed by atoms with E-state index in [2.05, 4.69) is 0 Å². The molecule has 1 fully saturated rings. The number of hydrogen-bond donors (Lipinski definition) is 0. The summed E-state index contributed by atoms with van der Waals surface area (Å²) in [6.45, 7) is -0.874. The first kappa shape index (κ1) is 15.6. The van der Waals surface area contributed by atoms with Gasteiger partial charge >= 0.3 is 6.18 Å². The molecule has 124 valence electrons. The zero-order valence-electron chi connectivity index (χ0n) is 12.2. The molecule has 0 unspecified atom stereocenters. The number of ether oxygens (including phenoxy) is 1. The van der Waals surface area contributed by atoms with Crippen molar-refractivity contribution >= 4 is 17.5 Å². The fraction of sp³-hybridized carbons (Fsp3) is 0.467. The third-order valence-electron chi connectivity index (χ3n) is 3.93. The van der Waals surface area contributed by atoms with E-state index in [1.807, 2.05) is 0 Å². The number of anilines is 1. The van der Waals surface area contributed by atoms with Crippen LogP contribution in [-0.4, -0.2) is 49.1 Å². The van der Waals surface area contributed by atoms with Gasteiger partial charge in [-0.15, -0.1) is 0 Å². The Morgan fingerprint density at radius 3 is 2.78 bits per heavy atom. The van der Waals surface area contributed by atoms with Crippen molar-refractivity contribution in [1.82, 2.24) is 4.90 Å². The van der Waals surface area contributed by atoms with Crippen molar-refractivity contribution in [1.29, 1.82) is 0 Å². The van der Waals surface area contributed by atoms with E-state index in [-0.39, 0.29) is 18.9 Å². The van der Waals surface area contributed by atoms with E-state index >= 15 is 0 Å². The normalized spacial score (nSPS) is 21.2. The molecule has 2 heterocycles. The number of para-hydroxylation sites is 2. The van der Waals surface area contributed by atoms with E-state index in [1.165, 1.54) is 4.90 Å². The monoisotopic (exact) mass is 328 g/mol. The van der Waals surface area contributed by atoms with Crippen LogP contribution >= 0.6 is 0 Å². The number of alkyl halides is 3. The maximum Gasteiger partial charge on any atom is 0.406 e. The zero-order chi connectivity index (χ0) is 16.6. The SMILES string of the molecule is O=C1C[C@@H](C(=O)N2CCOc3ccccc32)CN1CC(F)(F)F. The Hall–Kier alpha value is -2.25. The molecule has 1 saturated heterocycles. The Kier molecular flexibility index (Phi) is 3.91. The maximum atomic E-state index is 12.6. The second kappa shape index (κ2) is 5.75. The van der Waals surface area contributed by atoms with Gasteiger partial charge < -0.3 is 14.5 Å². The molecule has 1 aromatic carbocycles. The summed E-state index contributed by atoms with van der Waals surface area (Å²) >= 11 is 0. The lowest BCUT2D eigenvalue weighted by molar-refractivity contribution is -0.157. The number of carbonyl (C=O) groups excluding carboxylic acids is 2. The molecule has 1 atom stereocenters. The number of rotatable bonds is 2. The highest BCUT2D eigenvalue weighted by Gasteiger charge is 2.42. The summed E-state index contributed by atoms with van der Waals surface area (Å²) in [6.07, 6.45) is -4.65.